The van der Waals surface area contributed by atoms with Gasteiger partial charge >= 0.3 is 0 Å². The van der Waals surface area contributed by atoms with Crippen LogP contribution in [0.1, 0.15) is 50.0 Å². The molecule has 1 heterocycles. The summed E-state index contributed by atoms with van der Waals surface area (Å²) < 4.78 is 27.2. The van der Waals surface area contributed by atoms with Crippen molar-refractivity contribution in [3.63, 3.8) is 0 Å². The lowest BCUT2D eigenvalue weighted by molar-refractivity contribution is -0.132. The Balaban J connectivity index is 1.43. The van der Waals surface area contributed by atoms with E-state index in [0.717, 1.165) is 25.3 Å². The first-order chi connectivity index (χ1) is 11.5. The van der Waals surface area contributed by atoms with E-state index < -0.39 is 11.6 Å². The second kappa shape index (κ2) is 5.53. The first-order valence-corrected chi connectivity index (χ1v) is 8.55. The lowest BCUT2D eigenvalue weighted by atomic mass is 9.68. The van der Waals surface area contributed by atoms with E-state index >= 15 is 0 Å². The fourth-order valence-corrected chi connectivity index (χ4v) is 4.13. The van der Waals surface area contributed by atoms with Crippen LogP contribution in [0.4, 0.5) is 8.78 Å². The Hall–Kier alpha value is -1.98. The Morgan fingerprint density at radius 3 is 2.79 bits per heavy atom. The van der Waals surface area contributed by atoms with Crippen LogP contribution in [0.2, 0.25) is 0 Å². The van der Waals surface area contributed by atoms with Gasteiger partial charge in [0.2, 0.25) is 11.8 Å². The molecule has 1 aromatic carbocycles. The van der Waals surface area contributed by atoms with Gasteiger partial charge in [0, 0.05) is 12.3 Å². The molecule has 6 heteroatoms. The van der Waals surface area contributed by atoms with E-state index in [9.17, 15) is 18.4 Å². The molecule has 1 saturated heterocycles. The van der Waals surface area contributed by atoms with Crippen molar-refractivity contribution in [2.45, 2.75) is 56.0 Å². The average molecular weight is 334 g/mol. The number of carbonyl (C=O) groups is 2. The summed E-state index contributed by atoms with van der Waals surface area (Å²) in [6, 6.07) is 4.04. The zero-order valence-electron chi connectivity index (χ0n) is 13.3. The Morgan fingerprint density at radius 1 is 1.29 bits per heavy atom. The van der Waals surface area contributed by atoms with Gasteiger partial charge in [0.05, 0.1) is 11.6 Å². The van der Waals surface area contributed by atoms with Crippen molar-refractivity contribution in [3.05, 3.63) is 35.4 Å². The molecule has 2 amide bonds. The number of nitrogens with one attached hydrogen (secondary N) is 2. The van der Waals surface area contributed by atoms with Crippen LogP contribution < -0.4 is 10.6 Å². The molecule has 1 aliphatic heterocycles. The monoisotopic (exact) mass is 334 g/mol. The number of benzene rings is 1. The lowest BCUT2D eigenvalue weighted by Crippen LogP contribution is -2.68. The fraction of sp³-hybridized carbons (Fsp3) is 0.556. The van der Waals surface area contributed by atoms with E-state index in [-0.39, 0.29) is 40.8 Å². The zero-order valence-corrected chi connectivity index (χ0v) is 13.3. The van der Waals surface area contributed by atoms with E-state index in [1.807, 2.05) is 0 Å². The SMILES string of the molecule is O=C1CC[C@H](NC(=O)[C@@H]2C[C@H]2c2cccc(F)c2F)C2(CCC2)N1. The third kappa shape index (κ3) is 2.48. The van der Waals surface area contributed by atoms with Gasteiger partial charge < -0.3 is 10.6 Å². The van der Waals surface area contributed by atoms with Crippen molar-refractivity contribution < 1.29 is 18.4 Å². The van der Waals surface area contributed by atoms with Crippen LogP contribution in [0.5, 0.6) is 0 Å². The van der Waals surface area contributed by atoms with Crippen molar-refractivity contribution in [1.29, 1.82) is 0 Å². The Labute approximate surface area is 139 Å². The number of piperidine rings is 1. The van der Waals surface area contributed by atoms with Crippen molar-refractivity contribution in [3.8, 4) is 0 Å². The van der Waals surface area contributed by atoms with Gasteiger partial charge in [-0.05, 0) is 49.7 Å². The predicted octanol–water partition coefficient (Wildman–Crippen LogP) is 2.39. The van der Waals surface area contributed by atoms with Crippen LogP contribution in [-0.2, 0) is 9.59 Å². The highest BCUT2D eigenvalue weighted by molar-refractivity contribution is 5.84. The highest BCUT2D eigenvalue weighted by Crippen LogP contribution is 2.49. The van der Waals surface area contributed by atoms with Gasteiger partial charge in [-0.3, -0.25) is 9.59 Å². The molecular formula is C18H20F2N2O2. The first kappa shape index (κ1) is 15.5. The molecule has 24 heavy (non-hydrogen) atoms. The molecule has 0 unspecified atom stereocenters. The normalized spacial score (nSPS) is 30.4. The first-order valence-electron chi connectivity index (χ1n) is 8.55. The largest absolute Gasteiger partial charge is 0.351 e. The van der Waals surface area contributed by atoms with Crippen LogP contribution in [-0.4, -0.2) is 23.4 Å². The Morgan fingerprint density at radius 2 is 2.08 bits per heavy atom. The number of amides is 2. The van der Waals surface area contributed by atoms with Crippen molar-refractivity contribution in [1.82, 2.24) is 10.6 Å². The minimum absolute atomic E-state index is 0.0475. The van der Waals surface area contributed by atoms with E-state index in [1.54, 1.807) is 6.07 Å². The zero-order chi connectivity index (χ0) is 16.9. The van der Waals surface area contributed by atoms with Gasteiger partial charge in [0.25, 0.3) is 0 Å². The Bertz CT molecular complexity index is 702. The third-order valence-corrected chi connectivity index (χ3v) is 5.79. The lowest BCUT2D eigenvalue weighted by Gasteiger charge is -2.51. The summed E-state index contributed by atoms with van der Waals surface area (Å²) in [5.74, 6) is -2.35. The van der Waals surface area contributed by atoms with E-state index in [0.29, 0.717) is 19.3 Å². The molecule has 0 aromatic heterocycles. The van der Waals surface area contributed by atoms with Crippen LogP contribution in [0, 0.1) is 17.6 Å². The summed E-state index contributed by atoms with van der Waals surface area (Å²) >= 11 is 0. The summed E-state index contributed by atoms with van der Waals surface area (Å²) in [5, 5.41) is 6.10. The van der Waals surface area contributed by atoms with Crippen LogP contribution in [0.3, 0.4) is 0 Å². The molecule has 3 atom stereocenters. The summed E-state index contributed by atoms with van der Waals surface area (Å²) in [7, 11) is 0. The maximum absolute atomic E-state index is 13.9. The number of carbonyl (C=O) groups excluding carboxylic acids is 2. The minimum atomic E-state index is -0.873. The highest BCUT2D eigenvalue weighted by atomic mass is 19.2. The van der Waals surface area contributed by atoms with Gasteiger partial charge in [-0.25, -0.2) is 8.78 Å². The summed E-state index contributed by atoms with van der Waals surface area (Å²) in [4.78, 5) is 24.2. The maximum atomic E-state index is 13.9. The standard InChI is InChI=1S/C18H20F2N2O2/c19-13-4-1-3-10(16(13)20)11-9-12(11)17(24)21-14-5-6-15(23)22-18(14)7-2-8-18/h1,3-4,11-12,14H,2,5-9H2,(H,21,24)(H,22,23)/t11-,12+,14-/m0/s1. The van der Waals surface area contributed by atoms with Gasteiger partial charge in [-0.2, -0.15) is 0 Å². The Kier molecular flexibility index (Phi) is 3.58. The molecule has 3 aliphatic rings. The third-order valence-electron chi connectivity index (χ3n) is 5.79. The van der Waals surface area contributed by atoms with Gasteiger partial charge in [-0.1, -0.05) is 12.1 Å². The van der Waals surface area contributed by atoms with Gasteiger partial charge in [-0.15, -0.1) is 0 Å². The predicted molar refractivity (Wildman–Crippen MR) is 83.1 cm³/mol. The van der Waals surface area contributed by atoms with Crippen LogP contribution in [0.15, 0.2) is 18.2 Å². The minimum Gasteiger partial charge on any atom is -0.351 e. The van der Waals surface area contributed by atoms with Crippen LogP contribution in [0.25, 0.3) is 0 Å². The highest BCUT2D eigenvalue weighted by Gasteiger charge is 2.51. The van der Waals surface area contributed by atoms with E-state index in [1.165, 1.54) is 6.07 Å². The number of hydrogen-bond acceptors (Lipinski definition) is 2. The van der Waals surface area contributed by atoms with E-state index in [2.05, 4.69) is 10.6 Å². The molecule has 4 rings (SSSR count). The van der Waals surface area contributed by atoms with Crippen molar-refractivity contribution in [2.75, 3.05) is 0 Å². The molecule has 2 aliphatic carbocycles. The molecule has 4 nitrogen and oxygen atoms in total. The van der Waals surface area contributed by atoms with Gasteiger partial charge in [0.1, 0.15) is 0 Å². The summed E-state index contributed by atoms with van der Waals surface area (Å²) in [5.41, 5.74) is -0.00935. The molecule has 1 aromatic rings. The molecule has 0 bridgehead atoms. The smallest absolute Gasteiger partial charge is 0.224 e. The second-order valence-electron chi connectivity index (χ2n) is 7.25. The molecule has 2 N–H and O–H groups in total. The number of rotatable bonds is 3. The van der Waals surface area contributed by atoms with Crippen LogP contribution >= 0.6 is 0 Å². The topological polar surface area (TPSA) is 58.2 Å². The summed E-state index contributed by atoms with van der Waals surface area (Å²) in [6.45, 7) is 0. The molecule has 128 valence electrons. The quantitative estimate of drug-likeness (QED) is 0.892. The maximum Gasteiger partial charge on any atom is 0.224 e. The molecule has 3 fully saturated rings. The van der Waals surface area contributed by atoms with Gasteiger partial charge in [0.15, 0.2) is 11.6 Å². The molecule has 2 saturated carbocycles. The van der Waals surface area contributed by atoms with E-state index in [4.69, 9.17) is 0 Å². The van der Waals surface area contributed by atoms with Crippen molar-refractivity contribution >= 4 is 11.8 Å². The molecule has 1 spiro atoms. The number of hydrogen-bond donors (Lipinski definition) is 2. The van der Waals surface area contributed by atoms with Crippen molar-refractivity contribution in [2.24, 2.45) is 5.92 Å². The second-order valence-corrected chi connectivity index (χ2v) is 7.25. The number of halogens is 2. The average Bonchev–Trinajstić information content (AvgIpc) is 3.30. The molecular weight excluding hydrogens is 314 g/mol. The molecule has 0 radical (unpaired) electrons. The fourth-order valence-electron chi connectivity index (χ4n) is 4.13. The summed E-state index contributed by atoms with van der Waals surface area (Å²) in [6.07, 6.45) is 4.42.